The molecule has 2 amide bonds. The number of allylic oxidation sites excluding steroid dienone is 2. The molecule has 0 radical (unpaired) electrons. The van der Waals surface area contributed by atoms with Gasteiger partial charge in [-0.1, -0.05) is 42.5 Å². The largest absolute Gasteiger partial charge is 0.453 e. The van der Waals surface area contributed by atoms with Gasteiger partial charge in [0.2, 0.25) is 17.6 Å². The summed E-state index contributed by atoms with van der Waals surface area (Å²) in [6, 6.07) is 7.54. The first-order valence-corrected chi connectivity index (χ1v) is 10.2. The number of imide groups is 1. The van der Waals surface area contributed by atoms with Crippen LogP contribution < -0.4 is 0 Å². The number of likely N-dealkylation sites (tertiary alicyclic amines) is 1. The van der Waals surface area contributed by atoms with Crippen molar-refractivity contribution in [2.24, 2.45) is 35.5 Å². The predicted molar refractivity (Wildman–Crippen MR) is 102 cm³/mol. The number of benzene rings is 1. The van der Waals surface area contributed by atoms with Crippen molar-refractivity contribution in [3.05, 3.63) is 48.0 Å². The molecule has 3 fully saturated rings. The van der Waals surface area contributed by atoms with Gasteiger partial charge < -0.3 is 4.74 Å². The minimum absolute atomic E-state index is 0.109. The number of ether oxygens (including phenoxy) is 1. The third-order valence-electron chi connectivity index (χ3n) is 7.15. The number of esters is 1. The van der Waals surface area contributed by atoms with Crippen LogP contribution in [0.1, 0.15) is 30.6 Å². The van der Waals surface area contributed by atoms with Gasteiger partial charge in [0.1, 0.15) is 6.04 Å². The quantitative estimate of drug-likeness (QED) is 0.332. The Kier molecular flexibility index (Phi) is 4.02. The zero-order chi connectivity index (χ0) is 20.4. The summed E-state index contributed by atoms with van der Waals surface area (Å²) in [4.78, 5) is 52.4. The Balaban J connectivity index is 1.30. The number of Topliss-reactive ketones (excluding diaryl/α,β-unsaturated/α-hetero) is 1. The van der Waals surface area contributed by atoms with E-state index in [2.05, 4.69) is 12.2 Å². The first-order chi connectivity index (χ1) is 13.9. The van der Waals surface area contributed by atoms with Crippen molar-refractivity contribution in [1.29, 1.82) is 0 Å². The Morgan fingerprint density at radius 1 is 0.966 bits per heavy atom. The summed E-state index contributed by atoms with van der Waals surface area (Å²) in [5, 5.41) is 0. The maximum absolute atomic E-state index is 13.1. The molecule has 0 unspecified atom stereocenters. The summed E-state index contributed by atoms with van der Waals surface area (Å²) in [7, 11) is 0. The van der Waals surface area contributed by atoms with Gasteiger partial charge >= 0.3 is 5.97 Å². The van der Waals surface area contributed by atoms with E-state index in [-0.39, 0.29) is 41.3 Å². The Labute approximate surface area is 168 Å². The monoisotopic (exact) mass is 393 g/mol. The van der Waals surface area contributed by atoms with Crippen molar-refractivity contribution in [2.75, 3.05) is 0 Å². The molecule has 0 spiro atoms. The van der Waals surface area contributed by atoms with Gasteiger partial charge in [-0.3, -0.25) is 19.3 Å². The molecule has 1 heterocycles. The highest BCUT2D eigenvalue weighted by atomic mass is 16.5. The third-order valence-corrected chi connectivity index (χ3v) is 7.15. The van der Waals surface area contributed by atoms with E-state index in [1.54, 1.807) is 30.3 Å². The molecular weight excluding hydrogens is 370 g/mol. The van der Waals surface area contributed by atoms with Crippen LogP contribution in [0.5, 0.6) is 0 Å². The van der Waals surface area contributed by atoms with Crippen LogP contribution in [0.15, 0.2) is 42.5 Å². The van der Waals surface area contributed by atoms with E-state index < -0.39 is 18.1 Å². The second-order valence-electron chi connectivity index (χ2n) is 8.69. The molecule has 1 saturated heterocycles. The standard InChI is InChI=1S/C23H23NO5/c1-11(23(28)29-12(2)20(25)13-6-4-3-5-7-13)24-21(26)18-14-8-9-15(17-10-16(14)17)19(18)22(24)27/h3-9,11-12,14-19H,10H2,1-2H3/t11-,12-,14-,15-,16-,17+,18-,19+/m0/s1. The molecule has 8 atom stereocenters. The SMILES string of the molecule is C[C@H](OC(=O)[C@H](C)N1C(=O)[C@@H]2[C@H]3C=C[C@@H]([C@@H]4C[C@H]34)[C@@H]2C1=O)C(=O)c1ccccc1. The molecule has 0 N–H and O–H groups in total. The summed E-state index contributed by atoms with van der Waals surface area (Å²) in [6.07, 6.45) is 4.29. The fourth-order valence-corrected chi connectivity index (χ4v) is 5.63. The van der Waals surface area contributed by atoms with Crippen LogP contribution in [-0.2, 0) is 19.1 Å². The van der Waals surface area contributed by atoms with Crippen LogP contribution in [-0.4, -0.2) is 40.6 Å². The summed E-state index contributed by atoms with van der Waals surface area (Å²) in [5.41, 5.74) is 0.446. The Morgan fingerprint density at radius 3 is 2.07 bits per heavy atom. The van der Waals surface area contributed by atoms with E-state index in [0.717, 1.165) is 11.3 Å². The van der Waals surface area contributed by atoms with Crippen molar-refractivity contribution < 1.29 is 23.9 Å². The molecule has 2 saturated carbocycles. The first kappa shape index (κ1) is 18.3. The predicted octanol–water partition coefficient (Wildman–Crippen LogP) is 2.24. The zero-order valence-corrected chi connectivity index (χ0v) is 16.4. The minimum Gasteiger partial charge on any atom is -0.453 e. The lowest BCUT2D eigenvalue weighted by molar-refractivity contribution is -0.160. The van der Waals surface area contributed by atoms with E-state index >= 15 is 0 Å². The van der Waals surface area contributed by atoms with Crippen LogP contribution >= 0.6 is 0 Å². The number of ketones is 1. The van der Waals surface area contributed by atoms with Crippen LogP contribution in [0.4, 0.5) is 0 Å². The Morgan fingerprint density at radius 2 is 1.52 bits per heavy atom. The average Bonchev–Trinajstić information content (AvgIpc) is 3.51. The zero-order valence-electron chi connectivity index (χ0n) is 16.4. The summed E-state index contributed by atoms with van der Waals surface area (Å²) < 4.78 is 5.34. The van der Waals surface area contributed by atoms with Gasteiger partial charge in [-0.25, -0.2) is 4.79 Å². The van der Waals surface area contributed by atoms with E-state index in [0.29, 0.717) is 17.4 Å². The van der Waals surface area contributed by atoms with Crippen molar-refractivity contribution in [3.8, 4) is 0 Å². The van der Waals surface area contributed by atoms with E-state index in [4.69, 9.17) is 4.74 Å². The average molecular weight is 393 g/mol. The van der Waals surface area contributed by atoms with Crippen molar-refractivity contribution in [2.45, 2.75) is 32.4 Å². The van der Waals surface area contributed by atoms with Gasteiger partial charge in [-0.05, 0) is 43.9 Å². The second-order valence-corrected chi connectivity index (χ2v) is 8.69. The first-order valence-electron chi connectivity index (χ1n) is 10.2. The number of hydrogen-bond acceptors (Lipinski definition) is 5. The molecular formula is C23H23NO5. The van der Waals surface area contributed by atoms with Gasteiger partial charge in [0, 0.05) is 5.56 Å². The summed E-state index contributed by atoms with van der Waals surface area (Å²) >= 11 is 0. The van der Waals surface area contributed by atoms with Crippen molar-refractivity contribution >= 4 is 23.6 Å². The van der Waals surface area contributed by atoms with Crippen molar-refractivity contribution in [3.63, 3.8) is 0 Å². The molecule has 0 aromatic heterocycles. The minimum atomic E-state index is -1.04. The molecule has 6 rings (SSSR count). The lowest BCUT2D eigenvalue weighted by Crippen LogP contribution is -2.46. The smallest absolute Gasteiger partial charge is 0.329 e. The Bertz CT molecular complexity index is 902. The Hall–Kier alpha value is -2.76. The molecule has 1 aliphatic heterocycles. The lowest BCUT2D eigenvalue weighted by Gasteiger charge is -2.37. The molecule has 1 aromatic carbocycles. The molecule has 6 heteroatoms. The molecule has 4 aliphatic carbocycles. The fraction of sp³-hybridized carbons (Fsp3) is 0.478. The highest BCUT2D eigenvalue weighted by molar-refractivity contribution is 6.09. The molecule has 1 aromatic rings. The van der Waals surface area contributed by atoms with Gasteiger partial charge in [0.05, 0.1) is 11.8 Å². The van der Waals surface area contributed by atoms with Crippen molar-refractivity contribution in [1.82, 2.24) is 4.90 Å². The van der Waals surface area contributed by atoms with E-state index in [9.17, 15) is 19.2 Å². The molecule has 150 valence electrons. The highest BCUT2D eigenvalue weighted by Crippen LogP contribution is 2.65. The highest BCUT2D eigenvalue weighted by Gasteiger charge is 2.67. The van der Waals surface area contributed by atoms with Gasteiger partial charge in [-0.15, -0.1) is 0 Å². The van der Waals surface area contributed by atoms with Crippen LogP contribution in [0.2, 0.25) is 0 Å². The number of nitrogens with zero attached hydrogens (tertiary/aromatic N) is 1. The van der Waals surface area contributed by atoms with Gasteiger partial charge in [0.15, 0.2) is 6.10 Å². The van der Waals surface area contributed by atoms with E-state index in [1.165, 1.54) is 13.8 Å². The molecule has 5 aliphatic rings. The lowest BCUT2D eigenvalue weighted by atomic mass is 9.63. The van der Waals surface area contributed by atoms with Crippen LogP contribution in [0, 0.1) is 35.5 Å². The van der Waals surface area contributed by atoms with Crippen LogP contribution in [0.3, 0.4) is 0 Å². The topological polar surface area (TPSA) is 80.8 Å². The summed E-state index contributed by atoms with van der Waals surface area (Å²) in [5.74, 6) is -1.04. The maximum atomic E-state index is 13.1. The maximum Gasteiger partial charge on any atom is 0.329 e. The summed E-state index contributed by atoms with van der Waals surface area (Å²) in [6.45, 7) is 3.01. The number of rotatable bonds is 5. The molecule has 29 heavy (non-hydrogen) atoms. The number of amides is 2. The third kappa shape index (κ3) is 2.61. The number of carbonyl (C=O) groups is 4. The number of carbonyl (C=O) groups excluding carboxylic acids is 4. The second kappa shape index (κ2) is 6.37. The normalized spacial score (nSPS) is 35.7. The van der Waals surface area contributed by atoms with Gasteiger partial charge in [0.25, 0.3) is 0 Å². The fourth-order valence-electron chi connectivity index (χ4n) is 5.63. The van der Waals surface area contributed by atoms with E-state index in [1.807, 2.05) is 0 Å². The molecule has 6 nitrogen and oxygen atoms in total. The van der Waals surface area contributed by atoms with Crippen LogP contribution in [0.25, 0.3) is 0 Å². The molecule has 2 bridgehead atoms. The number of hydrogen-bond donors (Lipinski definition) is 0. The van der Waals surface area contributed by atoms with Gasteiger partial charge in [-0.2, -0.15) is 0 Å².